The van der Waals surface area contributed by atoms with E-state index in [0.717, 1.165) is 12.8 Å². The van der Waals surface area contributed by atoms with E-state index in [9.17, 15) is 10.2 Å². The van der Waals surface area contributed by atoms with Crippen molar-refractivity contribution in [2.45, 2.75) is 18.3 Å². The molecule has 13 heavy (non-hydrogen) atoms. The minimum atomic E-state index is -0.157. The van der Waals surface area contributed by atoms with Crippen molar-refractivity contribution < 1.29 is 10.2 Å². The predicted molar refractivity (Wildman–Crippen MR) is 49.7 cm³/mol. The third-order valence-corrected chi connectivity index (χ3v) is 2.80. The molecule has 0 unspecified atom stereocenters. The summed E-state index contributed by atoms with van der Waals surface area (Å²) in [6.45, 7) is 0.484. The van der Waals surface area contributed by atoms with Crippen LogP contribution in [0.2, 0.25) is 0 Å². The monoisotopic (exact) mass is 179 g/mol. The highest BCUT2D eigenvalue weighted by Gasteiger charge is 2.46. The molecule has 1 fully saturated rings. The largest absolute Gasteiger partial charge is 0.508 e. The molecular weight excluding hydrogens is 166 g/mol. The zero-order valence-electron chi connectivity index (χ0n) is 7.33. The van der Waals surface area contributed by atoms with E-state index in [1.807, 2.05) is 0 Å². The molecule has 0 aromatic heterocycles. The first-order valence-corrected chi connectivity index (χ1v) is 4.41. The van der Waals surface area contributed by atoms with Crippen LogP contribution in [0.3, 0.4) is 0 Å². The van der Waals surface area contributed by atoms with Gasteiger partial charge in [0.2, 0.25) is 0 Å². The second-order valence-corrected chi connectivity index (χ2v) is 3.66. The van der Waals surface area contributed by atoms with Crippen molar-refractivity contribution in [2.75, 3.05) is 6.54 Å². The number of benzene rings is 1. The maximum absolute atomic E-state index is 9.58. The fourth-order valence-electron chi connectivity index (χ4n) is 1.78. The van der Waals surface area contributed by atoms with Gasteiger partial charge in [-0.2, -0.15) is 0 Å². The number of hydrogen-bond acceptors (Lipinski definition) is 3. The van der Waals surface area contributed by atoms with Crippen LogP contribution >= 0.6 is 0 Å². The highest BCUT2D eigenvalue weighted by atomic mass is 16.3. The number of nitrogens with two attached hydrogens (primary N) is 1. The summed E-state index contributed by atoms with van der Waals surface area (Å²) in [5.74, 6) is 0.311. The van der Waals surface area contributed by atoms with Crippen molar-refractivity contribution in [3.63, 3.8) is 0 Å². The second kappa shape index (κ2) is 2.64. The summed E-state index contributed by atoms with van der Waals surface area (Å²) < 4.78 is 0. The van der Waals surface area contributed by atoms with Gasteiger partial charge in [-0.05, 0) is 25.0 Å². The Morgan fingerprint density at radius 2 is 1.77 bits per heavy atom. The van der Waals surface area contributed by atoms with Crippen molar-refractivity contribution in [2.24, 2.45) is 5.73 Å². The minimum Gasteiger partial charge on any atom is -0.508 e. The average molecular weight is 179 g/mol. The van der Waals surface area contributed by atoms with Crippen molar-refractivity contribution in [1.82, 2.24) is 0 Å². The quantitative estimate of drug-likeness (QED) is 0.636. The maximum Gasteiger partial charge on any atom is 0.123 e. The van der Waals surface area contributed by atoms with Crippen LogP contribution in [-0.4, -0.2) is 16.8 Å². The number of aromatic hydroxyl groups is 2. The number of hydrogen-bond donors (Lipinski definition) is 3. The lowest BCUT2D eigenvalue weighted by Crippen LogP contribution is -2.19. The van der Waals surface area contributed by atoms with Crippen molar-refractivity contribution >= 4 is 0 Å². The Bertz CT molecular complexity index is 311. The number of phenols is 2. The van der Waals surface area contributed by atoms with Gasteiger partial charge in [0.05, 0.1) is 0 Å². The van der Waals surface area contributed by atoms with Crippen molar-refractivity contribution in [3.8, 4) is 11.5 Å². The lowest BCUT2D eigenvalue weighted by molar-refractivity contribution is 0.425. The lowest BCUT2D eigenvalue weighted by Gasteiger charge is -2.15. The molecule has 0 amide bonds. The van der Waals surface area contributed by atoms with Crippen molar-refractivity contribution in [1.29, 1.82) is 0 Å². The molecule has 1 aliphatic carbocycles. The molecule has 0 radical (unpaired) electrons. The van der Waals surface area contributed by atoms with E-state index >= 15 is 0 Å². The Morgan fingerprint density at radius 3 is 2.15 bits per heavy atom. The van der Waals surface area contributed by atoms with Crippen molar-refractivity contribution in [3.05, 3.63) is 23.8 Å². The second-order valence-electron chi connectivity index (χ2n) is 3.66. The molecule has 0 bridgehead atoms. The van der Waals surface area contributed by atoms with E-state index in [1.54, 1.807) is 18.2 Å². The van der Waals surface area contributed by atoms with E-state index in [0.29, 0.717) is 12.1 Å². The molecule has 0 saturated heterocycles. The van der Waals surface area contributed by atoms with Gasteiger partial charge in [0.25, 0.3) is 0 Å². The van der Waals surface area contributed by atoms with Crippen LogP contribution in [0.25, 0.3) is 0 Å². The molecule has 0 atom stereocenters. The predicted octanol–water partition coefficient (Wildman–Crippen LogP) is 1.09. The van der Waals surface area contributed by atoms with Gasteiger partial charge in [-0.15, -0.1) is 0 Å². The van der Waals surface area contributed by atoms with Gasteiger partial charge in [-0.1, -0.05) is 6.07 Å². The first-order valence-electron chi connectivity index (χ1n) is 4.41. The molecule has 1 aromatic carbocycles. The fraction of sp³-hybridized carbons (Fsp3) is 0.400. The Kier molecular flexibility index (Phi) is 1.70. The zero-order chi connectivity index (χ0) is 9.47. The van der Waals surface area contributed by atoms with Gasteiger partial charge in [-0.25, -0.2) is 0 Å². The number of phenolic OH excluding ortho intramolecular Hbond substituents is 2. The van der Waals surface area contributed by atoms with Gasteiger partial charge in [0, 0.05) is 17.5 Å². The van der Waals surface area contributed by atoms with Gasteiger partial charge < -0.3 is 15.9 Å². The zero-order valence-corrected chi connectivity index (χ0v) is 7.33. The molecule has 3 nitrogen and oxygen atoms in total. The normalized spacial score (nSPS) is 18.5. The molecular formula is C10H13NO2. The molecule has 70 valence electrons. The van der Waals surface area contributed by atoms with Gasteiger partial charge in [0.15, 0.2) is 0 Å². The molecule has 2 rings (SSSR count). The first kappa shape index (κ1) is 8.38. The molecule has 1 saturated carbocycles. The molecule has 1 aromatic rings. The van der Waals surface area contributed by atoms with E-state index in [-0.39, 0.29) is 16.9 Å². The molecule has 0 spiro atoms. The summed E-state index contributed by atoms with van der Waals surface area (Å²) in [4.78, 5) is 0. The Hall–Kier alpha value is -1.22. The summed E-state index contributed by atoms with van der Waals surface area (Å²) in [5, 5.41) is 19.2. The van der Waals surface area contributed by atoms with E-state index in [4.69, 9.17) is 5.73 Å². The molecule has 3 heteroatoms. The van der Waals surface area contributed by atoms with Gasteiger partial charge >= 0.3 is 0 Å². The first-order chi connectivity index (χ1) is 6.19. The standard InChI is InChI=1S/C10H13NO2/c11-6-10(4-5-10)9-7(12)2-1-3-8(9)13/h1-3,12-13H,4-6,11H2. The topological polar surface area (TPSA) is 66.5 Å². The average Bonchev–Trinajstić information content (AvgIpc) is 2.85. The minimum absolute atomic E-state index is 0.156. The highest BCUT2D eigenvalue weighted by Crippen LogP contribution is 2.53. The summed E-state index contributed by atoms with van der Waals surface area (Å²) >= 11 is 0. The fourth-order valence-corrected chi connectivity index (χ4v) is 1.78. The molecule has 0 heterocycles. The van der Waals surface area contributed by atoms with Crippen LogP contribution in [0.5, 0.6) is 11.5 Å². The SMILES string of the molecule is NCC1(c2c(O)cccc2O)CC1. The maximum atomic E-state index is 9.58. The van der Waals surface area contributed by atoms with Gasteiger partial charge in [0.1, 0.15) is 11.5 Å². The van der Waals surface area contributed by atoms with Crippen LogP contribution < -0.4 is 5.73 Å². The van der Waals surface area contributed by atoms with Crippen LogP contribution in [0.4, 0.5) is 0 Å². The summed E-state index contributed by atoms with van der Waals surface area (Å²) in [6.07, 6.45) is 1.91. The van der Waals surface area contributed by atoms with Crippen LogP contribution in [0, 0.1) is 0 Å². The highest BCUT2D eigenvalue weighted by molar-refractivity contribution is 5.51. The summed E-state index contributed by atoms with van der Waals surface area (Å²) in [7, 11) is 0. The number of rotatable bonds is 2. The molecule has 0 aliphatic heterocycles. The van der Waals surface area contributed by atoms with E-state index in [1.165, 1.54) is 0 Å². The van der Waals surface area contributed by atoms with E-state index in [2.05, 4.69) is 0 Å². The lowest BCUT2D eigenvalue weighted by atomic mass is 9.94. The Labute approximate surface area is 76.8 Å². The summed E-state index contributed by atoms with van der Waals surface area (Å²) in [6, 6.07) is 4.80. The third kappa shape index (κ3) is 1.16. The van der Waals surface area contributed by atoms with Crippen LogP contribution in [0.15, 0.2) is 18.2 Å². The third-order valence-electron chi connectivity index (χ3n) is 2.80. The van der Waals surface area contributed by atoms with Crippen LogP contribution in [0.1, 0.15) is 18.4 Å². The molecule has 4 N–H and O–H groups in total. The van der Waals surface area contributed by atoms with Crippen LogP contribution in [-0.2, 0) is 5.41 Å². The Balaban J connectivity index is 2.50. The van der Waals surface area contributed by atoms with Gasteiger partial charge in [-0.3, -0.25) is 0 Å². The smallest absolute Gasteiger partial charge is 0.123 e. The Morgan fingerprint density at radius 1 is 1.23 bits per heavy atom. The summed E-state index contributed by atoms with van der Waals surface area (Å²) in [5.41, 5.74) is 6.08. The molecule has 1 aliphatic rings. The van der Waals surface area contributed by atoms with E-state index < -0.39 is 0 Å².